The monoisotopic (exact) mass is 219 g/mol. The molecule has 0 spiro atoms. The molecule has 86 valence electrons. The Morgan fingerprint density at radius 3 is 2.62 bits per heavy atom. The van der Waals surface area contributed by atoms with Crippen LogP contribution in [0, 0.1) is 0 Å². The van der Waals surface area contributed by atoms with Crippen LogP contribution >= 0.6 is 0 Å². The first-order valence-electron chi connectivity index (χ1n) is 5.66. The number of carbonyl (C=O) groups excluding carboxylic acids is 1. The van der Waals surface area contributed by atoms with Gasteiger partial charge >= 0.3 is 0 Å². The summed E-state index contributed by atoms with van der Waals surface area (Å²) in [5.74, 6) is 0.0932. The smallest absolute Gasteiger partial charge is 0.254 e. The number of hydrogen-bond donors (Lipinski definition) is 0. The van der Waals surface area contributed by atoms with Gasteiger partial charge in [-0.05, 0) is 12.0 Å². The molecule has 0 saturated carbocycles. The molecule has 3 heteroatoms. The standard InChI is InChI=1S/C13H17NO2/c1-3-11-12(16-11)13(15)14(2)9-10-7-5-4-6-8-10/h4-8,11-12H,3,9H2,1-2H3/t11-,12+/m1/s1. The van der Waals surface area contributed by atoms with Crippen LogP contribution in [0.2, 0.25) is 0 Å². The molecule has 16 heavy (non-hydrogen) atoms. The van der Waals surface area contributed by atoms with Crippen molar-refractivity contribution in [3.63, 3.8) is 0 Å². The fourth-order valence-electron chi connectivity index (χ4n) is 1.82. The van der Waals surface area contributed by atoms with Crippen molar-refractivity contribution in [3.05, 3.63) is 35.9 Å². The third-order valence-electron chi connectivity index (χ3n) is 2.87. The average molecular weight is 219 g/mol. The molecule has 0 aromatic heterocycles. The van der Waals surface area contributed by atoms with Crippen LogP contribution in [-0.4, -0.2) is 30.1 Å². The number of epoxide rings is 1. The van der Waals surface area contributed by atoms with Gasteiger partial charge in [-0.3, -0.25) is 4.79 Å². The topological polar surface area (TPSA) is 32.8 Å². The number of benzene rings is 1. The third-order valence-corrected chi connectivity index (χ3v) is 2.87. The molecule has 1 aromatic rings. The maximum absolute atomic E-state index is 11.9. The highest BCUT2D eigenvalue weighted by molar-refractivity contribution is 5.83. The number of amides is 1. The molecule has 0 radical (unpaired) electrons. The highest BCUT2D eigenvalue weighted by Gasteiger charge is 2.44. The molecule has 3 nitrogen and oxygen atoms in total. The van der Waals surface area contributed by atoms with Gasteiger partial charge in [-0.2, -0.15) is 0 Å². The predicted octanol–water partition coefficient (Wildman–Crippen LogP) is 1.82. The van der Waals surface area contributed by atoms with E-state index in [0.717, 1.165) is 12.0 Å². The Hall–Kier alpha value is -1.35. The van der Waals surface area contributed by atoms with Crippen LogP contribution in [0.15, 0.2) is 30.3 Å². The number of carbonyl (C=O) groups is 1. The molecule has 1 aromatic carbocycles. The molecule has 1 fully saturated rings. The molecule has 0 bridgehead atoms. The molecule has 0 unspecified atom stereocenters. The Bertz CT molecular complexity index is 363. The summed E-state index contributed by atoms with van der Waals surface area (Å²) in [5, 5.41) is 0. The second kappa shape index (κ2) is 4.66. The van der Waals surface area contributed by atoms with Crippen molar-refractivity contribution in [2.24, 2.45) is 0 Å². The van der Waals surface area contributed by atoms with Crippen molar-refractivity contribution in [1.29, 1.82) is 0 Å². The summed E-state index contributed by atoms with van der Waals surface area (Å²) in [6, 6.07) is 9.98. The summed E-state index contributed by atoms with van der Waals surface area (Å²) in [6.45, 7) is 2.69. The van der Waals surface area contributed by atoms with Crippen molar-refractivity contribution in [2.75, 3.05) is 7.05 Å². The van der Waals surface area contributed by atoms with Crippen molar-refractivity contribution in [2.45, 2.75) is 32.1 Å². The summed E-state index contributed by atoms with van der Waals surface area (Å²) in [7, 11) is 1.82. The molecule has 1 amide bonds. The van der Waals surface area contributed by atoms with E-state index in [1.54, 1.807) is 4.90 Å². The van der Waals surface area contributed by atoms with Crippen molar-refractivity contribution in [1.82, 2.24) is 4.90 Å². The fourth-order valence-corrected chi connectivity index (χ4v) is 1.82. The van der Waals surface area contributed by atoms with Gasteiger partial charge in [-0.1, -0.05) is 37.3 Å². The zero-order chi connectivity index (χ0) is 11.5. The maximum atomic E-state index is 11.9. The number of nitrogens with zero attached hydrogens (tertiary/aromatic N) is 1. The van der Waals surface area contributed by atoms with Gasteiger partial charge in [0.1, 0.15) is 0 Å². The second-order valence-electron chi connectivity index (χ2n) is 4.18. The zero-order valence-corrected chi connectivity index (χ0v) is 9.72. The van der Waals surface area contributed by atoms with Crippen LogP contribution in [0.3, 0.4) is 0 Å². The van der Waals surface area contributed by atoms with Gasteiger partial charge < -0.3 is 9.64 Å². The van der Waals surface area contributed by atoms with E-state index in [-0.39, 0.29) is 18.1 Å². The fraction of sp³-hybridized carbons (Fsp3) is 0.462. The van der Waals surface area contributed by atoms with Gasteiger partial charge in [0.25, 0.3) is 5.91 Å². The minimum absolute atomic E-state index is 0.0932. The lowest BCUT2D eigenvalue weighted by Crippen LogP contribution is -2.31. The first-order chi connectivity index (χ1) is 7.72. The van der Waals surface area contributed by atoms with Crippen LogP contribution in [-0.2, 0) is 16.1 Å². The Kier molecular flexibility index (Phi) is 3.25. The predicted molar refractivity (Wildman–Crippen MR) is 61.9 cm³/mol. The van der Waals surface area contributed by atoms with E-state index in [9.17, 15) is 4.79 Å². The van der Waals surface area contributed by atoms with Gasteiger partial charge in [0.2, 0.25) is 0 Å². The van der Waals surface area contributed by atoms with E-state index in [0.29, 0.717) is 6.54 Å². The molecule has 2 atom stereocenters. The van der Waals surface area contributed by atoms with E-state index in [4.69, 9.17) is 4.74 Å². The number of likely N-dealkylation sites (N-methyl/N-ethyl adjacent to an activating group) is 1. The van der Waals surface area contributed by atoms with Crippen LogP contribution < -0.4 is 0 Å². The molecule has 1 heterocycles. The van der Waals surface area contributed by atoms with Gasteiger partial charge in [0, 0.05) is 13.6 Å². The normalized spacial score (nSPS) is 22.9. The quantitative estimate of drug-likeness (QED) is 0.724. The molecule has 1 aliphatic heterocycles. The summed E-state index contributed by atoms with van der Waals surface area (Å²) >= 11 is 0. The van der Waals surface area contributed by atoms with Crippen molar-refractivity contribution < 1.29 is 9.53 Å². The molecular formula is C13H17NO2. The Morgan fingerprint density at radius 2 is 2.06 bits per heavy atom. The third kappa shape index (κ3) is 2.42. The highest BCUT2D eigenvalue weighted by Crippen LogP contribution is 2.26. The molecule has 1 aliphatic rings. The number of rotatable bonds is 4. The second-order valence-corrected chi connectivity index (χ2v) is 4.18. The van der Waals surface area contributed by atoms with Gasteiger partial charge in [0.15, 0.2) is 6.10 Å². The lowest BCUT2D eigenvalue weighted by atomic mass is 10.2. The minimum atomic E-state index is -0.196. The SMILES string of the molecule is CC[C@H]1O[C@@H]1C(=O)N(C)Cc1ccccc1. The van der Waals surface area contributed by atoms with Crippen molar-refractivity contribution in [3.8, 4) is 0 Å². The van der Waals surface area contributed by atoms with Crippen LogP contribution in [0.4, 0.5) is 0 Å². The lowest BCUT2D eigenvalue weighted by molar-refractivity contribution is -0.131. The Balaban J connectivity index is 1.89. The summed E-state index contributed by atoms with van der Waals surface area (Å²) < 4.78 is 5.30. The van der Waals surface area contributed by atoms with Crippen molar-refractivity contribution >= 4 is 5.91 Å². The van der Waals surface area contributed by atoms with Gasteiger partial charge in [0.05, 0.1) is 6.10 Å². The first kappa shape index (κ1) is 11.1. The van der Waals surface area contributed by atoms with Gasteiger partial charge in [-0.15, -0.1) is 0 Å². The minimum Gasteiger partial charge on any atom is -0.359 e. The molecule has 2 rings (SSSR count). The van der Waals surface area contributed by atoms with E-state index >= 15 is 0 Å². The van der Waals surface area contributed by atoms with Gasteiger partial charge in [-0.25, -0.2) is 0 Å². The maximum Gasteiger partial charge on any atom is 0.254 e. The number of hydrogen-bond acceptors (Lipinski definition) is 2. The van der Waals surface area contributed by atoms with E-state index in [1.807, 2.05) is 44.3 Å². The summed E-state index contributed by atoms with van der Waals surface area (Å²) in [6.07, 6.45) is 0.861. The van der Waals surface area contributed by atoms with E-state index in [2.05, 4.69) is 0 Å². The van der Waals surface area contributed by atoms with Crippen LogP contribution in [0.25, 0.3) is 0 Å². The summed E-state index contributed by atoms with van der Waals surface area (Å²) in [5.41, 5.74) is 1.15. The lowest BCUT2D eigenvalue weighted by Gasteiger charge is -2.15. The molecular weight excluding hydrogens is 202 g/mol. The molecule has 0 aliphatic carbocycles. The first-order valence-corrected chi connectivity index (χ1v) is 5.66. The summed E-state index contributed by atoms with van der Waals surface area (Å²) in [4.78, 5) is 13.6. The van der Waals surface area contributed by atoms with E-state index in [1.165, 1.54) is 0 Å². The zero-order valence-electron chi connectivity index (χ0n) is 9.72. The van der Waals surface area contributed by atoms with Crippen LogP contribution in [0.1, 0.15) is 18.9 Å². The Labute approximate surface area is 96.0 Å². The number of ether oxygens (including phenoxy) is 1. The molecule has 1 saturated heterocycles. The molecule has 0 N–H and O–H groups in total. The largest absolute Gasteiger partial charge is 0.359 e. The average Bonchev–Trinajstić information content (AvgIpc) is 3.08. The highest BCUT2D eigenvalue weighted by atomic mass is 16.6. The van der Waals surface area contributed by atoms with Crippen LogP contribution in [0.5, 0.6) is 0 Å². The Morgan fingerprint density at radius 1 is 1.38 bits per heavy atom. The van der Waals surface area contributed by atoms with E-state index < -0.39 is 0 Å².